The second-order valence-electron chi connectivity index (χ2n) is 13.2. The first-order valence-electron chi connectivity index (χ1n) is 17.4. The standard InChI is InChI=1S/C35H66O2/c1-3-5-7-9-11-13-15-17-19-21-25-30-29-31-26-23-24-28-33(31)34(35(36)37)32(30)27-22-20-18-16-14-12-10-8-6-4-2/h30-34H,3-29H2,1-2H3,(H,36,37). The second-order valence-corrected chi connectivity index (χ2v) is 13.2. The summed E-state index contributed by atoms with van der Waals surface area (Å²) in [4.78, 5) is 12.6. The molecule has 2 aliphatic rings. The summed E-state index contributed by atoms with van der Waals surface area (Å²) >= 11 is 0. The van der Waals surface area contributed by atoms with Gasteiger partial charge >= 0.3 is 5.97 Å². The van der Waals surface area contributed by atoms with Gasteiger partial charge in [-0.3, -0.25) is 4.79 Å². The van der Waals surface area contributed by atoms with Crippen LogP contribution in [0.2, 0.25) is 0 Å². The van der Waals surface area contributed by atoms with E-state index in [0.717, 1.165) is 0 Å². The number of fused-ring (bicyclic) bond motifs is 1. The Morgan fingerprint density at radius 1 is 0.595 bits per heavy atom. The van der Waals surface area contributed by atoms with Crippen LogP contribution in [0.25, 0.3) is 0 Å². The molecule has 0 bridgehead atoms. The maximum absolute atomic E-state index is 12.6. The average Bonchev–Trinajstić information content (AvgIpc) is 2.90. The number of carboxylic acids is 1. The molecule has 0 aromatic heterocycles. The van der Waals surface area contributed by atoms with Gasteiger partial charge in [-0.1, -0.05) is 168 Å². The highest BCUT2D eigenvalue weighted by atomic mass is 16.4. The predicted molar refractivity (Wildman–Crippen MR) is 161 cm³/mol. The van der Waals surface area contributed by atoms with Crippen LogP contribution in [0.3, 0.4) is 0 Å². The van der Waals surface area contributed by atoms with Crippen molar-refractivity contribution in [2.45, 2.75) is 187 Å². The van der Waals surface area contributed by atoms with Gasteiger partial charge in [0.25, 0.3) is 0 Å². The van der Waals surface area contributed by atoms with Crippen LogP contribution < -0.4 is 0 Å². The van der Waals surface area contributed by atoms with Gasteiger partial charge < -0.3 is 5.11 Å². The van der Waals surface area contributed by atoms with Gasteiger partial charge in [0.05, 0.1) is 5.92 Å². The van der Waals surface area contributed by atoms with Gasteiger partial charge in [-0.05, 0) is 42.9 Å². The Kier molecular flexibility index (Phi) is 18.8. The van der Waals surface area contributed by atoms with E-state index in [2.05, 4.69) is 13.8 Å². The van der Waals surface area contributed by atoms with Gasteiger partial charge in [-0.15, -0.1) is 0 Å². The van der Waals surface area contributed by atoms with Gasteiger partial charge in [0, 0.05) is 0 Å². The average molecular weight is 519 g/mol. The Labute approximate surface area is 232 Å². The molecule has 0 heterocycles. The van der Waals surface area contributed by atoms with E-state index < -0.39 is 5.97 Å². The van der Waals surface area contributed by atoms with Crippen molar-refractivity contribution in [2.75, 3.05) is 0 Å². The monoisotopic (exact) mass is 519 g/mol. The number of hydrogen-bond acceptors (Lipinski definition) is 1. The zero-order valence-corrected chi connectivity index (χ0v) is 25.3. The van der Waals surface area contributed by atoms with Crippen molar-refractivity contribution in [3.63, 3.8) is 0 Å². The minimum Gasteiger partial charge on any atom is -0.481 e. The first-order chi connectivity index (χ1) is 18.2. The van der Waals surface area contributed by atoms with Crippen molar-refractivity contribution < 1.29 is 9.90 Å². The predicted octanol–water partition coefficient (Wildman–Crippen LogP) is 11.8. The quantitative estimate of drug-likeness (QED) is 0.137. The summed E-state index contributed by atoms with van der Waals surface area (Å²) in [6.45, 7) is 4.58. The van der Waals surface area contributed by atoms with Crippen molar-refractivity contribution in [1.29, 1.82) is 0 Å². The van der Waals surface area contributed by atoms with E-state index in [1.807, 2.05) is 0 Å². The number of aliphatic carboxylic acids is 1. The fourth-order valence-electron chi connectivity index (χ4n) is 8.05. The lowest BCUT2D eigenvalue weighted by molar-refractivity contribution is -0.153. The largest absolute Gasteiger partial charge is 0.481 e. The fourth-order valence-corrected chi connectivity index (χ4v) is 8.05. The normalized spacial score (nSPS) is 25.7. The van der Waals surface area contributed by atoms with Crippen LogP contribution >= 0.6 is 0 Å². The summed E-state index contributed by atoms with van der Waals surface area (Å²) in [6.07, 6.45) is 36.5. The van der Waals surface area contributed by atoms with Gasteiger partial charge in [0.1, 0.15) is 0 Å². The molecule has 2 rings (SSSR count). The van der Waals surface area contributed by atoms with E-state index in [-0.39, 0.29) is 5.92 Å². The molecule has 2 saturated carbocycles. The highest BCUT2D eigenvalue weighted by molar-refractivity contribution is 5.71. The first-order valence-corrected chi connectivity index (χ1v) is 17.4. The molecule has 0 radical (unpaired) electrons. The zero-order chi connectivity index (χ0) is 26.6. The fraction of sp³-hybridized carbons (Fsp3) is 0.971. The van der Waals surface area contributed by atoms with Crippen LogP contribution in [-0.4, -0.2) is 11.1 Å². The minimum absolute atomic E-state index is 0.0502. The van der Waals surface area contributed by atoms with E-state index in [0.29, 0.717) is 23.7 Å². The van der Waals surface area contributed by atoms with Gasteiger partial charge in [0.15, 0.2) is 0 Å². The highest BCUT2D eigenvalue weighted by Gasteiger charge is 2.47. The Morgan fingerprint density at radius 3 is 1.51 bits per heavy atom. The third-order valence-electron chi connectivity index (χ3n) is 10.2. The van der Waals surface area contributed by atoms with Crippen molar-refractivity contribution in [3.05, 3.63) is 0 Å². The number of carbonyl (C=O) groups is 1. The molecule has 0 aromatic carbocycles. The zero-order valence-electron chi connectivity index (χ0n) is 25.3. The van der Waals surface area contributed by atoms with Crippen LogP contribution in [0.15, 0.2) is 0 Å². The molecule has 0 amide bonds. The third kappa shape index (κ3) is 13.4. The molecule has 0 spiro atoms. The van der Waals surface area contributed by atoms with Crippen molar-refractivity contribution >= 4 is 5.97 Å². The van der Waals surface area contributed by atoms with Crippen molar-refractivity contribution in [3.8, 4) is 0 Å². The summed E-state index contributed by atoms with van der Waals surface area (Å²) in [6, 6.07) is 0. The lowest BCUT2D eigenvalue weighted by atomic mass is 9.56. The van der Waals surface area contributed by atoms with Crippen LogP contribution in [0.1, 0.15) is 187 Å². The summed E-state index contributed by atoms with van der Waals surface area (Å²) in [5.41, 5.74) is 0. The van der Waals surface area contributed by atoms with Crippen molar-refractivity contribution in [1.82, 2.24) is 0 Å². The molecule has 0 aromatic rings. The van der Waals surface area contributed by atoms with Gasteiger partial charge in [-0.2, -0.15) is 0 Å². The van der Waals surface area contributed by atoms with E-state index in [1.54, 1.807) is 0 Å². The first kappa shape index (κ1) is 32.7. The SMILES string of the molecule is CCCCCCCCCCCCC1CC2CCCCC2C(C(=O)O)C1CCCCCCCCCCCC. The molecule has 218 valence electrons. The smallest absolute Gasteiger partial charge is 0.307 e. The molecule has 0 aliphatic heterocycles. The van der Waals surface area contributed by atoms with Gasteiger partial charge in [-0.25, -0.2) is 0 Å². The topological polar surface area (TPSA) is 37.3 Å². The molecule has 2 heteroatoms. The lowest BCUT2D eigenvalue weighted by Crippen LogP contribution is -2.45. The molecule has 2 fully saturated rings. The van der Waals surface area contributed by atoms with Crippen LogP contribution in [0.5, 0.6) is 0 Å². The summed E-state index contributed by atoms with van der Waals surface area (Å²) < 4.78 is 0. The molecule has 0 saturated heterocycles. The second kappa shape index (κ2) is 21.3. The van der Waals surface area contributed by atoms with Crippen LogP contribution in [0, 0.1) is 29.6 Å². The van der Waals surface area contributed by atoms with Crippen LogP contribution in [0.4, 0.5) is 0 Å². The molecule has 2 nitrogen and oxygen atoms in total. The molecule has 5 unspecified atom stereocenters. The maximum Gasteiger partial charge on any atom is 0.307 e. The van der Waals surface area contributed by atoms with E-state index >= 15 is 0 Å². The minimum atomic E-state index is -0.457. The summed E-state index contributed by atoms with van der Waals surface area (Å²) in [5, 5.41) is 10.4. The molecule has 37 heavy (non-hydrogen) atoms. The lowest BCUT2D eigenvalue weighted by Gasteiger charge is -2.48. The molecular weight excluding hydrogens is 452 g/mol. The Bertz CT molecular complexity index is 543. The van der Waals surface area contributed by atoms with E-state index in [4.69, 9.17) is 0 Å². The molecule has 5 atom stereocenters. The number of hydrogen-bond donors (Lipinski definition) is 1. The van der Waals surface area contributed by atoms with Gasteiger partial charge in [0.2, 0.25) is 0 Å². The summed E-state index contributed by atoms with van der Waals surface area (Å²) in [5.74, 6) is 1.79. The van der Waals surface area contributed by atoms with Crippen LogP contribution in [-0.2, 0) is 4.79 Å². The van der Waals surface area contributed by atoms with E-state index in [1.165, 1.54) is 173 Å². The number of carboxylic acid groups (broad SMARTS) is 1. The number of rotatable bonds is 23. The molecule has 1 N–H and O–H groups in total. The highest BCUT2D eigenvalue weighted by Crippen LogP contribution is 2.51. The van der Waals surface area contributed by atoms with E-state index in [9.17, 15) is 9.90 Å². The third-order valence-corrected chi connectivity index (χ3v) is 10.2. The Morgan fingerprint density at radius 2 is 1.03 bits per heavy atom. The van der Waals surface area contributed by atoms with Crippen molar-refractivity contribution in [2.24, 2.45) is 29.6 Å². The molecular formula is C35H66O2. The Balaban J connectivity index is 1.73. The maximum atomic E-state index is 12.6. The molecule has 2 aliphatic carbocycles. The summed E-state index contributed by atoms with van der Waals surface area (Å²) in [7, 11) is 0. The number of unbranched alkanes of at least 4 members (excludes halogenated alkanes) is 18. The Hall–Kier alpha value is -0.530.